The molecule has 2 heterocycles. The molecule has 0 amide bonds. The van der Waals surface area contributed by atoms with Crippen molar-refractivity contribution in [1.82, 2.24) is 0 Å². The SMILES string of the molecule is OCCCC[C@H]1Nc2cc3ccccc3cc2[C@H]2OCC[C@H]21. The van der Waals surface area contributed by atoms with Crippen LogP contribution in [0.4, 0.5) is 5.69 Å². The highest BCUT2D eigenvalue weighted by molar-refractivity contribution is 5.88. The molecule has 3 heteroatoms. The lowest BCUT2D eigenvalue weighted by molar-refractivity contribution is 0.0818. The highest BCUT2D eigenvalue weighted by Gasteiger charge is 2.40. The third-order valence-corrected chi connectivity index (χ3v) is 5.14. The molecule has 1 fully saturated rings. The van der Waals surface area contributed by atoms with Crippen molar-refractivity contribution in [3.63, 3.8) is 0 Å². The zero-order chi connectivity index (χ0) is 14.9. The van der Waals surface area contributed by atoms with Crippen LogP contribution in [0.5, 0.6) is 0 Å². The van der Waals surface area contributed by atoms with Crippen LogP contribution in [0.1, 0.15) is 37.4 Å². The number of anilines is 1. The van der Waals surface area contributed by atoms with Crippen molar-refractivity contribution < 1.29 is 9.84 Å². The second-order valence-corrected chi connectivity index (χ2v) is 6.50. The molecular weight excluding hydrogens is 274 g/mol. The number of fused-ring (bicyclic) bond motifs is 4. The second kappa shape index (κ2) is 5.90. The number of aliphatic hydroxyl groups excluding tert-OH is 1. The molecule has 2 aliphatic heterocycles. The van der Waals surface area contributed by atoms with E-state index in [1.54, 1.807) is 0 Å². The maximum absolute atomic E-state index is 9.01. The summed E-state index contributed by atoms with van der Waals surface area (Å²) in [4.78, 5) is 0. The van der Waals surface area contributed by atoms with Crippen LogP contribution in [0.25, 0.3) is 10.8 Å². The largest absolute Gasteiger partial charge is 0.396 e. The Morgan fingerprint density at radius 1 is 1.14 bits per heavy atom. The monoisotopic (exact) mass is 297 g/mol. The normalized spacial score (nSPS) is 26.5. The third-order valence-electron chi connectivity index (χ3n) is 5.14. The van der Waals surface area contributed by atoms with Gasteiger partial charge in [0.15, 0.2) is 0 Å². The molecule has 2 aromatic rings. The van der Waals surface area contributed by atoms with E-state index in [2.05, 4.69) is 41.7 Å². The quantitative estimate of drug-likeness (QED) is 0.842. The molecule has 0 spiro atoms. The molecule has 1 saturated heterocycles. The molecule has 0 aliphatic carbocycles. The zero-order valence-electron chi connectivity index (χ0n) is 12.8. The van der Waals surface area contributed by atoms with Gasteiger partial charge in [-0.25, -0.2) is 0 Å². The molecule has 0 radical (unpaired) electrons. The Bertz CT molecular complexity index is 670. The topological polar surface area (TPSA) is 41.5 Å². The number of hydrogen-bond acceptors (Lipinski definition) is 3. The van der Waals surface area contributed by atoms with E-state index in [1.807, 2.05) is 0 Å². The fourth-order valence-corrected chi connectivity index (χ4v) is 4.03. The molecule has 2 aliphatic rings. The fourth-order valence-electron chi connectivity index (χ4n) is 4.03. The van der Waals surface area contributed by atoms with Gasteiger partial charge in [0, 0.05) is 36.4 Å². The summed E-state index contributed by atoms with van der Waals surface area (Å²) in [6.45, 7) is 1.15. The number of rotatable bonds is 4. The number of hydrogen-bond donors (Lipinski definition) is 2. The van der Waals surface area contributed by atoms with Gasteiger partial charge in [0.1, 0.15) is 0 Å². The van der Waals surface area contributed by atoms with Crippen molar-refractivity contribution in [1.29, 1.82) is 0 Å². The molecule has 2 N–H and O–H groups in total. The van der Waals surface area contributed by atoms with Crippen molar-refractivity contribution in [3.05, 3.63) is 42.0 Å². The predicted molar refractivity (Wildman–Crippen MR) is 89.1 cm³/mol. The van der Waals surface area contributed by atoms with E-state index >= 15 is 0 Å². The average Bonchev–Trinajstić information content (AvgIpc) is 3.03. The van der Waals surface area contributed by atoms with Gasteiger partial charge in [0.25, 0.3) is 0 Å². The lowest BCUT2D eigenvalue weighted by Gasteiger charge is -2.36. The Morgan fingerprint density at radius 3 is 2.77 bits per heavy atom. The molecular formula is C19H23NO2. The Hall–Kier alpha value is -1.58. The van der Waals surface area contributed by atoms with Crippen LogP contribution in [0.3, 0.4) is 0 Å². The van der Waals surface area contributed by atoms with Crippen molar-refractivity contribution in [2.24, 2.45) is 5.92 Å². The minimum absolute atomic E-state index is 0.236. The summed E-state index contributed by atoms with van der Waals surface area (Å²) >= 11 is 0. The van der Waals surface area contributed by atoms with Gasteiger partial charge < -0.3 is 15.2 Å². The van der Waals surface area contributed by atoms with Gasteiger partial charge in [-0.1, -0.05) is 24.3 Å². The summed E-state index contributed by atoms with van der Waals surface area (Å²) in [5.74, 6) is 0.562. The first kappa shape index (κ1) is 14.0. The van der Waals surface area contributed by atoms with E-state index in [9.17, 15) is 0 Å². The van der Waals surface area contributed by atoms with E-state index < -0.39 is 0 Å². The number of nitrogens with one attached hydrogen (secondary N) is 1. The molecule has 0 unspecified atom stereocenters. The van der Waals surface area contributed by atoms with Crippen LogP contribution in [0, 0.1) is 5.92 Å². The Morgan fingerprint density at radius 2 is 1.95 bits per heavy atom. The van der Waals surface area contributed by atoms with E-state index in [1.165, 1.54) is 22.0 Å². The highest BCUT2D eigenvalue weighted by Crippen LogP contribution is 2.46. The Labute approximate surface area is 131 Å². The third kappa shape index (κ3) is 2.38. The van der Waals surface area contributed by atoms with Gasteiger partial charge in [-0.3, -0.25) is 0 Å². The van der Waals surface area contributed by atoms with Gasteiger partial charge in [-0.2, -0.15) is 0 Å². The molecule has 22 heavy (non-hydrogen) atoms. The maximum Gasteiger partial charge on any atom is 0.0893 e. The lowest BCUT2D eigenvalue weighted by atomic mass is 9.81. The number of aliphatic hydroxyl groups is 1. The molecule has 0 bridgehead atoms. The highest BCUT2D eigenvalue weighted by atomic mass is 16.5. The van der Waals surface area contributed by atoms with E-state index in [0.717, 1.165) is 32.3 Å². The summed E-state index contributed by atoms with van der Waals surface area (Å²) < 4.78 is 6.08. The average molecular weight is 297 g/mol. The van der Waals surface area contributed by atoms with Crippen LogP contribution in [-0.2, 0) is 4.74 Å². The zero-order valence-corrected chi connectivity index (χ0v) is 12.8. The van der Waals surface area contributed by atoms with Crippen LogP contribution < -0.4 is 5.32 Å². The Kier molecular flexibility index (Phi) is 3.77. The number of unbranched alkanes of at least 4 members (excludes halogenated alkanes) is 1. The van der Waals surface area contributed by atoms with Crippen molar-refractivity contribution in [2.75, 3.05) is 18.5 Å². The molecule has 0 aromatic heterocycles. The molecule has 3 atom stereocenters. The molecule has 2 aromatic carbocycles. The standard InChI is InChI=1S/C19H23NO2/c21-9-4-3-7-17-15-8-10-22-19(15)16-11-13-5-1-2-6-14(13)12-18(16)20-17/h1-2,5-6,11-12,15,17,19-21H,3-4,7-10H2/t15-,17+,19-/m0/s1. The number of ether oxygens (including phenoxy) is 1. The van der Waals surface area contributed by atoms with Crippen LogP contribution in [0.15, 0.2) is 36.4 Å². The van der Waals surface area contributed by atoms with Crippen molar-refractivity contribution >= 4 is 16.5 Å². The lowest BCUT2D eigenvalue weighted by Crippen LogP contribution is -2.35. The summed E-state index contributed by atoms with van der Waals surface area (Å²) in [5.41, 5.74) is 2.55. The Balaban J connectivity index is 1.69. The van der Waals surface area contributed by atoms with Crippen LogP contribution in [-0.4, -0.2) is 24.4 Å². The summed E-state index contributed by atoms with van der Waals surface area (Å²) in [6.07, 6.45) is 4.44. The molecule has 4 rings (SSSR count). The maximum atomic E-state index is 9.01. The van der Waals surface area contributed by atoms with Gasteiger partial charge in [0.2, 0.25) is 0 Å². The summed E-state index contributed by atoms with van der Waals surface area (Å²) in [7, 11) is 0. The molecule has 116 valence electrons. The molecule has 0 saturated carbocycles. The second-order valence-electron chi connectivity index (χ2n) is 6.50. The smallest absolute Gasteiger partial charge is 0.0893 e. The minimum atomic E-state index is 0.236. The summed E-state index contributed by atoms with van der Waals surface area (Å²) in [5, 5.41) is 15.3. The van der Waals surface area contributed by atoms with Gasteiger partial charge in [-0.05, 0) is 48.6 Å². The first-order chi connectivity index (χ1) is 10.9. The first-order valence-electron chi connectivity index (χ1n) is 8.38. The van der Waals surface area contributed by atoms with Gasteiger partial charge in [-0.15, -0.1) is 0 Å². The van der Waals surface area contributed by atoms with Crippen LogP contribution in [0.2, 0.25) is 0 Å². The minimum Gasteiger partial charge on any atom is -0.396 e. The predicted octanol–water partition coefficient (Wildman–Crippen LogP) is 3.87. The van der Waals surface area contributed by atoms with Crippen LogP contribution >= 0.6 is 0 Å². The van der Waals surface area contributed by atoms with E-state index in [4.69, 9.17) is 9.84 Å². The fraction of sp³-hybridized carbons (Fsp3) is 0.474. The van der Waals surface area contributed by atoms with Crippen molar-refractivity contribution in [3.8, 4) is 0 Å². The number of benzene rings is 2. The van der Waals surface area contributed by atoms with Gasteiger partial charge in [0.05, 0.1) is 6.10 Å². The molecule has 3 nitrogen and oxygen atoms in total. The van der Waals surface area contributed by atoms with Gasteiger partial charge >= 0.3 is 0 Å². The van der Waals surface area contributed by atoms with E-state index in [-0.39, 0.29) is 6.10 Å². The van der Waals surface area contributed by atoms with Crippen molar-refractivity contribution in [2.45, 2.75) is 37.8 Å². The first-order valence-corrected chi connectivity index (χ1v) is 8.38. The van der Waals surface area contributed by atoms with E-state index in [0.29, 0.717) is 18.6 Å². The summed E-state index contributed by atoms with van der Waals surface area (Å²) in [6, 6.07) is 13.5.